The van der Waals surface area contributed by atoms with Crippen LogP contribution in [0.4, 0.5) is 0 Å². The molecule has 5 nitrogen and oxygen atoms in total. The van der Waals surface area contributed by atoms with Crippen molar-refractivity contribution < 1.29 is 9.59 Å². The highest BCUT2D eigenvalue weighted by atomic mass is 35.5. The highest BCUT2D eigenvalue weighted by molar-refractivity contribution is 7.09. The van der Waals surface area contributed by atoms with Gasteiger partial charge in [-0.1, -0.05) is 23.2 Å². The number of hydrazine groups is 1. The van der Waals surface area contributed by atoms with E-state index >= 15 is 0 Å². The first-order valence-electron chi connectivity index (χ1n) is 3.75. The van der Waals surface area contributed by atoms with Crippen LogP contribution >= 0.6 is 34.7 Å². The highest BCUT2D eigenvalue weighted by Crippen LogP contribution is 2.29. The molecule has 2 amide bonds. The third-order valence-electron chi connectivity index (χ3n) is 1.71. The predicted octanol–water partition coefficient (Wildman–Crippen LogP) is 1.53. The second-order valence-electron chi connectivity index (χ2n) is 2.62. The first-order valence-corrected chi connectivity index (χ1v) is 5.28. The number of hydrogen-bond donors (Lipinski definition) is 0. The topological polar surface area (TPSA) is 53.5 Å². The predicted molar refractivity (Wildman–Crippen MR) is 58.1 cm³/mol. The molecule has 1 rings (SSSR count). The lowest BCUT2D eigenvalue weighted by Crippen LogP contribution is -2.40. The number of hydrogen-bond acceptors (Lipinski definition) is 4. The van der Waals surface area contributed by atoms with E-state index in [-0.39, 0.29) is 15.1 Å². The van der Waals surface area contributed by atoms with E-state index < -0.39 is 5.91 Å². The van der Waals surface area contributed by atoms with Crippen molar-refractivity contribution in [2.24, 2.45) is 0 Å². The Morgan fingerprint density at radius 1 is 1.47 bits per heavy atom. The summed E-state index contributed by atoms with van der Waals surface area (Å²) in [6.45, 7) is 0. The van der Waals surface area contributed by atoms with Crippen LogP contribution in [-0.4, -0.2) is 40.8 Å². The standard InChI is InChI=1S/C7H7Cl2N3O2S/c1-11(3-13)12(2)7(14)5-4(8)6(9)10-15-5/h3H,1-2H3. The van der Waals surface area contributed by atoms with Crippen molar-refractivity contribution in [3.63, 3.8) is 0 Å². The molecule has 15 heavy (non-hydrogen) atoms. The van der Waals surface area contributed by atoms with E-state index in [1.165, 1.54) is 14.1 Å². The Bertz CT molecular complexity index is 396. The molecule has 0 aliphatic carbocycles. The monoisotopic (exact) mass is 267 g/mol. The van der Waals surface area contributed by atoms with E-state index in [0.29, 0.717) is 6.41 Å². The number of aromatic nitrogens is 1. The third kappa shape index (κ3) is 2.39. The van der Waals surface area contributed by atoms with Crippen LogP contribution in [0.2, 0.25) is 10.2 Å². The van der Waals surface area contributed by atoms with Crippen LogP contribution in [0.3, 0.4) is 0 Å². The van der Waals surface area contributed by atoms with Gasteiger partial charge in [0.15, 0.2) is 5.15 Å². The van der Waals surface area contributed by atoms with Gasteiger partial charge in [0.05, 0.1) is 0 Å². The Kier molecular flexibility index (Phi) is 3.90. The molecule has 0 fully saturated rings. The van der Waals surface area contributed by atoms with Crippen LogP contribution in [0.15, 0.2) is 0 Å². The second-order valence-corrected chi connectivity index (χ2v) is 4.13. The van der Waals surface area contributed by atoms with E-state index in [1.807, 2.05) is 0 Å². The maximum absolute atomic E-state index is 11.7. The van der Waals surface area contributed by atoms with Crippen LogP contribution in [0.25, 0.3) is 0 Å². The van der Waals surface area contributed by atoms with Gasteiger partial charge in [0, 0.05) is 14.1 Å². The molecule has 0 saturated carbocycles. The average Bonchev–Trinajstić information content (AvgIpc) is 2.56. The van der Waals surface area contributed by atoms with Gasteiger partial charge >= 0.3 is 0 Å². The molecule has 1 aromatic rings. The molecule has 1 heterocycles. The first kappa shape index (κ1) is 12.2. The van der Waals surface area contributed by atoms with E-state index in [9.17, 15) is 9.59 Å². The maximum atomic E-state index is 11.7. The van der Waals surface area contributed by atoms with Crippen molar-refractivity contribution in [3.8, 4) is 0 Å². The minimum absolute atomic E-state index is 0.0900. The molecule has 0 atom stereocenters. The van der Waals surface area contributed by atoms with Crippen LogP contribution < -0.4 is 0 Å². The molecule has 0 aliphatic heterocycles. The molecule has 1 aromatic heterocycles. The lowest BCUT2D eigenvalue weighted by Gasteiger charge is -2.23. The van der Waals surface area contributed by atoms with Crippen LogP contribution in [0.5, 0.6) is 0 Å². The van der Waals surface area contributed by atoms with Crippen molar-refractivity contribution in [2.75, 3.05) is 14.1 Å². The van der Waals surface area contributed by atoms with Crippen molar-refractivity contribution >= 4 is 47.1 Å². The van der Waals surface area contributed by atoms with E-state index in [1.54, 1.807) is 0 Å². The van der Waals surface area contributed by atoms with Gasteiger partial charge in [0.2, 0.25) is 6.41 Å². The number of rotatable bonds is 3. The summed E-state index contributed by atoms with van der Waals surface area (Å²) in [5.74, 6) is -0.431. The molecule has 0 radical (unpaired) electrons. The Labute approximate surface area is 100 Å². The molecule has 0 bridgehead atoms. The number of nitrogens with zero attached hydrogens (tertiary/aromatic N) is 3. The summed E-state index contributed by atoms with van der Waals surface area (Å²) in [5, 5.41) is 2.40. The third-order valence-corrected chi connectivity index (χ3v) is 3.50. The van der Waals surface area contributed by atoms with Gasteiger partial charge < -0.3 is 0 Å². The summed E-state index contributed by atoms with van der Waals surface area (Å²) in [6, 6.07) is 0. The molecular formula is C7H7Cl2N3O2S. The minimum Gasteiger partial charge on any atom is -0.277 e. The summed E-state index contributed by atoms with van der Waals surface area (Å²) in [6.07, 6.45) is 0.508. The van der Waals surface area contributed by atoms with Gasteiger partial charge in [0.1, 0.15) is 9.90 Å². The molecular weight excluding hydrogens is 261 g/mol. The Balaban J connectivity index is 2.94. The minimum atomic E-state index is -0.431. The zero-order valence-corrected chi connectivity index (χ0v) is 10.2. The van der Waals surface area contributed by atoms with Crippen LogP contribution in [0.1, 0.15) is 9.67 Å². The number of carbonyl (C=O) groups excluding carboxylic acids is 2. The van der Waals surface area contributed by atoms with E-state index in [2.05, 4.69) is 4.37 Å². The Hall–Kier alpha value is -0.850. The molecule has 0 N–H and O–H groups in total. The fourth-order valence-corrected chi connectivity index (χ4v) is 1.93. The molecule has 0 saturated heterocycles. The Morgan fingerprint density at radius 2 is 2.07 bits per heavy atom. The SMILES string of the molecule is CN(C=O)N(C)C(=O)c1snc(Cl)c1Cl. The smallest absolute Gasteiger partial charge is 0.277 e. The largest absolute Gasteiger partial charge is 0.285 e. The summed E-state index contributed by atoms with van der Waals surface area (Å²) in [7, 11) is 2.89. The molecule has 82 valence electrons. The van der Waals surface area contributed by atoms with Crippen molar-refractivity contribution in [1.29, 1.82) is 0 Å². The van der Waals surface area contributed by atoms with Gasteiger partial charge in [-0.3, -0.25) is 19.6 Å². The summed E-state index contributed by atoms with van der Waals surface area (Å²) in [5.41, 5.74) is 0. The highest BCUT2D eigenvalue weighted by Gasteiger charge is 2.22. The molecule has 0 aromatic carbocycles. The quantitative estimate of drug-likeness (QED) is 0.617. The number of amides is 2. The fraction of sp³-hybridized carbons (Fsp3) is 0.286. The van der Waals surface area contributed by atoms with Gasteiger partial charge in [-0.25, -0.2) is 0 Å². The number of carbonyl (C=O) groups is 2. The molecule has 8 heteroatoms. The van der Waals surface area contributed by atoms with Gasteiger partial charge in [-0.05, 0) is 11.5 Å². The summed E-state index contributed by atoms with van der Waals surface area (Å²) < 4.78 is 3.73. The van der Waals surface area contributed by atoms with Crippen LogP contribution in [-0.2, 0) is 4.79 Å². The normalized spacial score (nSPS) is 9.87. The molecule has 0 unspecified atom stereocenters. The summed E-state index contributed by atoms with van der Waals surface area (Å²) in [4.78, 5) is 22.4. The van der Waals surface area contributed by atoms with Crippen molar-refractivity contribution in [3.05, 3.63) is 15.1 Å². The molecule has 0 spiro atoms. The first-order chi connectivity index (χ1) is 6.99. The van der Waals surface area contributed by atoms with Crippen LogP contribution in [0, 0.1) is 0 Å². The lowest BCUT2D eigenvalue weighted by atomic mass is 10.4. The number of halogens is 2. The average molecular weight is 268 g/mol. The van der Waals surface area contributed by atoms with Gasteiger partial charge in [-0.2, -0.15) is 4.37 Å². The zero-order chi connectivity index (χ0) is 11.6. The fourth-order valence-electron chi connectivity index (χ4n) is 0.753. The summed E-state index contributed by atoms with van der Waals surface area (Å²) >= 11 is 12.3. The Morgan fingerprint density at radius 3 is 2.47 bits per heavy atom. The van der Waals surface area contributed by atoms with Crippen molar-refractivity contribution in [1.82, 2.24) is 14.4 Å². The van der Waals surface area contributed by atoms with Gasteiger partial charge in [-0.15, -0.1) is 0 Å². The zero-order valence-electron chi connectivity index (χ0n) is 7.90. The lowest BCUT2D eigenvalue weighted by molar-refractivity contribution is -0.126. The van der Waals surface area contributed by atoms with Crippen molar-refractivity contribution in [2.45, 2.75) is 0 Å². The maximum Gasteiger partial charge on any atom is 0.285 e. The second kappa shape index (κ2) is 4.78. The van der Waals surface area contributed by atoms with E-state index in [0.717, 1.165) is 21.6 Å². The molecule has 0 aliphatic rings. The van der Waals surface area contributed by atoms with E-state index in [4.69, 9.17) is 23.2 Å². The van der Waals surface area contributed by atoms with Gasteiger partial charge in [0.25, 0.3) is 5.91 Å².